The Labute approximate surface area is 105 Å². The number of ether oxygens (including phenoxy) is 1. The number of halogens is 1. The zero-order chi connectivity index (χ0) is 12.3. The maximum atomic E-state index is 8.91. The Bertz CT molecular complexity index is 446. The van der Waals surface area contributed by atoms with Gasteiger partial charge in [0.25, 0.3) is 0 Å². The summed E-state index contributed by atoms with van der Waals surface area (Å²) in [6, 6.07) is 3.65. The number of rotatable bonds is 2. The minimum atomic E-state index is -0.00708. The normalized spacial score (nSPS) is 20.1. The lowest BCUT2D eigenvalue weighted by Crippen LogP contribution is -2.46. The van der Waals surface area contributed by atoms with Gasteiger partial charge in [0.15, 0.2) is 0 Å². The lowest BCUT2D eigenvalue weighted by molar-refractivity contribution is 0.0463. The van der Waals surface area contributed by atoms with Gasteiger partial charge in [-0.1, -0.05) is 11.6 Å². The smallest absolute Gasteiger partial charge is 0.148 e. The molecule has 17 heavy (non-hydrogen) atoms. The summed E-state index contributed by atoms with van der Waals surface area (Å²) in [7, 11) is 0. The number of aromatic nitrogens is 1. The number of anilines is 1. The SMILES string of the molecule is N#Cc1ccnc(N2CCOC(CN)C2)c1Cl. The van der Waals surface area contributed by atoms with Crippen LogP contribution in [0.4, 0.5) is 5.82 Å². The lowest BCUT2D eigenvalue weighted by atomic mass is 10.2. The third-order valence-electron chi connectivity index (χ3n) is 2.69. The highest BCUT2D eigenvalue weighted by Gasteiger charge is 2.22. The molecular weight excluding hydrogens is 240 g/mol. The van der Waals surface area contributed by atoms with E-state index in [1.807, 2.05) is 11.0 Å². The molecule has 1 aliphatic rings. The van der Waals surface area contributed by atoms with E-state index in [1.54, 1.807) is 12.3 Å². The highest BCUT2D eigenvalue weighted by molar-refractivity contribution is 6.34. The van der Waals surface area contributed by atoms with Crippen molar-refractivity contribution in [3.63, 3.8) is 0 Å². The fourth-order valence-corrected chi connectivity index (χ4v) is 2.07. The molecule has 0 saturated carbocycles. The van der Waals surface area contributed by atoms with Crippen LogP contribution >= 0.6 is 11.6 Å². The third-order valence-corrected chi connectivity index (χ3v) is 3.07. The molecule has 1 aromatic rings. The Morgan fingerprint density at radius 2 is 2.53 bits per heavy atom. The minimum Gasteiger partial charge on any atom is -0.373 e. The molecule has 0 aromatic carbocycles. The van der Waals surface area contributed by atoms with Gasteiger partial charge in [-0.3, -0.25) is 0 Å². The molecular formula is C11H13ClN4O. The van der Waals surface area contributed by atoms with Crippen molar-refractivity contribution in [3.8, 4) is 6.07 Å². The quantitative estimate of drug-likeness (QED) is 0.842. The van der Waals surface area contributed by atoms with Crippen LogP contribution in [0.1, 0.15) is 5.56 Å². The Hall–Kier alpha value is -1.35. The molecule has 0 spiro atoms. The number of hydrogen-bond donors (Lipinski definition) is 1. The average molecular weight is 253 g/mol. The molecule has 1 unspecified atom stereocenters. The van der Waals surface area contributed by atoms with Crippen LogP contribution < -0.4 is 10.6 Å². The van der Waals surface area contributed by atoms with E-state index >= 15 is 0 Å². The maximum absolute atomic E-state index is 8.91. The average Bonchev–Trinajstić information content (AvgIpc) is 2.39. The Balaban J connectivity index is 2.25. The topological polar surface area (TPSA) is 75.2 Å². The van der Waals surface area contributed by atoms with Crippen molar-refractivity contribution >= 4 is 17.4 Å². The van der Waals surface area contributed by atoms with Gasteiger partial charge in [0, 0.05) is 25.8 Å². The molecule has 0 aliphatic carbocycles. The zero-order valence-corrected chi connectivity index (χ0v) is 10.0. The number of pyridine rings is 1. The molecule has 1 saturated heterocycles. The van der Waals surface area contributed by atoms with Gasteiger partial charge < -0.3 is 15.4 Å². The number of nitrogens with zero attached hydrogens (tertiary/aromatic N) is 3. The largest absolute Gasteiger partial charge is 0.373 e. The van der Waals surface area contributed by atoms with E-state index in [-0.39, 0.29) is 6.10 Å². The number of hydrogen-bond acceptors (Lipinski definition) is 5. The zero-order valence-electron chi connectivity index (χ0n) is 9.27. The lowest BCUT2D eigenvalue weighted by Gasteiger charge is -2.33. The van der Waals surface area contributed by atoms with Crippen LogP contribution in [0.5, 0.6) is 0 Å². The Kier molecular flexibility index (Phi) is 3.79. The highest BCUT2D eigenvalue weighted by Crippen LogP contribution is 2.27. The molecule has 0 amide bonds. The summed E-state index contributed by atoms with van der Waals surface area (Å²) in [5.41, 5.74) is 6.02. The first-order valence-corrected chi connectivity index (χ1v) is 5.75. The molecule has 1 fully saturated rings. The first-order chi connectivity index (χ1) is 8.26. The van der Waals surface area contributed by atoms with E-state index in [2.05, 4.69) is 4.98 Å². The molecule has 2 heterocycles. The first-order valence-electron chi connectivity index (χ1n) is 5.37. The summed E-state index contributed by atoms with van der Waals surface area (Å²) in [5, 5.41) is 9.31. The van der Waals surface area contributed by atoms with Crippen molar-refractivity contribution in [2.75, 3.05) is 31.1 Å². The van der Waals surface area contributed by atoms with Crippen LogP contribution in [0.15, 0.2) is 12.3 Å². The van der Waals surface area contributed by atoms with Crippen molar-refractivity contribution in [1.29, 1.82) is 5.26 Å². The standard InChI is InChI=1S/C11H13ClN4O/c12-10-8(5-13)1-2-15-11(10)16-3-4-17-9(6-14)7-16/h1-2,9H,3-4,6-7,14H2. The van der Waals surface area contributed by atoms with Crippen LogP contribution in [0.2, 0.25) is 5.02 Å². The maximum Gasteiger partial charge on any atom is 0.148 e. The van der Waals surface area contributed by atoms with Gasteiger partial charge in [-0.2, -0.15) is 5.26 Å². The first kappa shape index (κ1) is 12.1. The van der Waals surface area contributed by atoms with Crippen molar-refractivity contribution in [3.05, 3.63) is 22.8 Å². The van der Waals surface area contributed by atoms with E-state index in [4.69, 9.17) is 27.3 Å². The van der Waals surface area contributed by atoms with Crippen molar-refractivity contribution < 1.29 is 4.74 Å². The summed E-state index contributed by atoms with van der Waals surface area (Å²) in [6.07, 6.45) is 1.58. The van der Waals surface area contributed by atoms with Crippen molar-refractivity contribution in [2.24, 2.45) is 5.73 Å². The van der Waals surface area contributed by atoms with Crippen LogP contribution in [0.3, 0.4) is 0 Å². The second-order valence-corrected chi connectivity index (χ2v) is 4.16. The molecule has 2 N–H and O–H groups in total. The third kappa shape index (κ3) is 2.50. The van der Waals surface area contributed by atoms with Crippen LogP contribution in [0, 0.1) is 11.3 Å². The monoisotopic (exact) mass is 252 g/mol. The number of nitrogens with two attached hydrogens (primary N) is 1. The highest BCUT2D eigenvalue weighted by atomic mass is 35.5. The van der Waals surface area contributed by atoms with E-state index in [9.17, 15) is 0 Å². The molecule has 2 rings (SSSR count). The molecule has 90 valence electrons. The van der Waals surface area contributed by atoms with Crippen LogP contribution in [0.25, 0.3) is 0 Å². The van der Waals surface area contributed by atoms with E-state index in [1.165, 1.54) is 0 Å². The van der Waals surface area contributed by atoms with Gasteiger partial charge >= 0.3 is 0 Å². The summed E-state index contributed by atoms with van der Waals surface area (Å²) < 4.78 is 5.47. The molecule has 5 nitrogen and oxygen atoms in total. The minimum absolute atomic E-state index is 0.00708. The predicted molar refractivity (Wildman–Crippen MR) is 65.0 cm³/mol. The van der Waals surface area contributed by atoms with Crippen LogP contribution in [-0.4, -0.2) is 37.3 Å². The summed E-state index contributed by atoms with van der Waals surface area (Å²) >= 11 is 6.13. The fraction of sp³-hybridized carbons (Fsp3) is 0.455. The van der Waals surface area contributed by atoms with E-state index in [0.29, 0.717) is 42.6 Å². The Morgan fingerprint density at radius 1 is 1.71 bits per heavy atom. The van der Waals surface area contributed by atoms with E-state index < -0.39 is 0 Å². The van der Waals surface area contributed by atoms with Gasteiger partial charge in [0.05, 0.1) is 18.3 Å². The molecule has 6 heteroatoms. The molecule has 0 bridgehead atoms. The Morgan fingerprint density at radius 3 is 3.24 bits per heavy atom. The summed E-state index contributed by atoms with van der Waals surface area (Å²) in [5.74, 6) is 0.632. The van der Waals surface area contributed by atoms with Crippen molar-refractivity contribution in [1.82, 2.24) is 4.98 Å². The van der Waals surface area contributed by atoms with Crippen LogP contribution in [-0.2, 0) is 4.74 Å². The van der Waals surface area contributed by atoms with Gasteiger partial charge in [0.2, 0.25) is 0 Å². The molecule has 1 aliphatic heterocycles. The summed E-state index contributed by atoms with van der Waals surface area (Å²) in [6.45, 7) is 2.42. The number of nitriles is 1. The fourth-order valence-electron chi connectivity index (χ4n) is 1.79. The van der Waals surface area contributed by atoms with Gasteiger partial charge in [-0.05, 0) is 6.07 Å². The molecule has 1 aromatic heterocycles. The van der Waals surface area contributed by atoms with E-state index in [0.717, 1.165) is 0 Å². The van der Waals surface area contributed by atoms with Gasteiger partial charge in [-0.15, -0.1) is 0 Å². The van der Waals surface area contributed by atoms with Gasteiger partial charge in [-0.25, -0.2) is 4.98 Å². The predicted octanol–water partition coefficient (Wildman–Crippen LogP) is 0.771. The summed E-state index contributed by atoms with van der Waals surface area (Å²) in [4.78, 5) is 6.23. The second kappa shape index (κ2) is 5.32. The number of morpholine rings is 1. The van der Waals surface area contributed by atoms with Gasteiger partial charge in [0.1, 0.15) is 16.9 Å². The van der Waals surface area contributed by atoms with Crippen molar-refractivity contribution in [2.45, 2.75) is 6.10 Å². The molecule has 1 atom stereocenters. The second-order valence-electron chi connectivity index (χ2n) is 3.78. The molecule has 0 radical (unpaired) electrons.